The number of hydrogen-bond acceptors (Lipinski definition) is 4. The third-order valence-corrected chi connectivity index (χ3v) is 1.78. The summed E-state index contributed by atoms with van der Waals surface area (Å²) in [5, 5.41) is 0. The summed E-state index contributed by atoms with van der Waals surface area (Å²) < 4.78 is 4.94. The zero-order valence-corrected chi connectivity index (χ0v) is 7.53. The highest BCUT2D eigenvalue weighted by molar-refractivity contribution is 5.69. The molecule has 2 rings (SSSR count). The Labute approximate surface area is 75.2 Å². The highest BCUT2D eigenvalue weighted by atomic mass is 16.5. The summed E-state index contributed by atoms with van der Waals surface area (Å²) in [6.07, 6.45) is 2.53. The molecule has 2 aromatic rings. The van der Waals surface area contributed by atoms with Crippen LogP contribution in [0.2, 0.25) is 0 Å². The second-order valence-corrected chi connectivity index (χ2v) is 2.62. The summed E-state index contributed by atoms with van der Waals surface area (Å²) in [6.45, 7) is 2.01. The van der Waals surface area contributed by atoms with Crippen LogP contribution in [0.3, 0.4) is 0 Å². The Kier molecular flexibility index (Phi) is 1.84. The molecule has 0 radical (unpaired) electrons. The van der Waals surface area contributed by atoms with E-state index < -0.39 is 0 Å². The maximum Gasteiger partial charge on any atom is 0.295 e. The molecule has 0 aliphatic carbocycles. The van der Waals surface area contributed by atoms with Crippen LogP contribution in [0.1, 0.15) is 12.7 Å². The Hall–Kier alpha value is -1.65. The lowest BCUT2D eigenvalue weighted by molar-refractivity contribution is 0.385. The third kappa shape index (κ3) is 1.32. The Morgan fingerprint density at radius 1 is 1.46 bits per heavy atom. The van der Waals surface area contributed by atoms with Crippen LogP contribution in [0.25, 0.3) is 11.2 Å². The van der Waals surface area contributed by atoms with Gasteiger partial charge in [0.15, 0.2) is 5.65 Å². The lowest BCUT2D eigenvalue weighted by Gasteiger charge is -1.91. The molecule has 0 amide bonds. The number of aromatic amines is 1. The van der Waals surface area contributed by atoms with Crippen molar-refractivity contribution in [2.75, 3.05) is 7.11 Å². The van der Waals surface area contributed by atoms with Gasteiger partial charge in [0.1, 0.15) is 11.3 Å². The van der Waals surface area contributed by atoms with Crippen LogP contribution in [0, 0.1) is 0 Å². The molecular weight excluding hydrogens is 168 g/mol. The van der Waals surface area contributed by atoms with Crippen molar-refractivity contribution < 1.29 is 4.74 Å². The van der Waals surface area contributed by atoms with Crippen LogP contribution in [-0.4, -0.2) is 27.0 Å². The molecular formula is C8H10N4O. The van der Waals surface area contributed by atoms with Gasteiger partial charge in [-0.2, -0.15) is 4.98 Å². The number of imidazole rings is 1. The smallest absolute Gasteiger partial charge is 0.295 e. The van der Waals surface area contributed by atoms with E-state index in [0.29, 0.717) is 11.7 Å². The Bertz CT molecular complexity index is 421. The second kappa shape index (κ2) is 3.01. The molecule has 0 spiro atoms. The van der Waals surface area contributed by atoms with E-state index in [1.807, 2.05) is 6.92 Å². The van der Waals surface area contributed by atoms with E-state index in [1.54, 1.807) is 13.3 Å². The maximum absolute atomic E-state index is 4.94. The number of rotatable bonds is 2. The quantitative estimate of drug-likeness (QED) is 0.742. The minimum absolute atomic E-state index is 0.470. The van der Waals surface area contributed by atoms with Gasteiger partial charge in [-0.15, -0.1) is 0 Å². The zero-order valence-electron chi connectivity index (χ0n) is 7.53. The van der Waals surface area contributed by atoms with E-state index in [-0.39, 0.29) is 0 Å². The minimum atomic E-state index is 0.470. The molecule has 0 atom stereocenters. The highest BCUT2D eigenvalue weighted by Crippen LogP contribution is 2.12. The molecule has 5 nitrogen and oxygen atoms in total. The van der Waals surface area contributed by atoms with Gasteiger partial charge in [-0.05, 0) is 0 Å². The molecule has 0 saturated carbocycles. The monoisotopic (exact) mass is 178 g/mol. The number of ether oxygens (including phenoxy) is 1. The highest BCUT2D eigenvalue weighted by Gasteiger charge is 2.04. The van der Waals surface area contributed by atoms with Gasteiger partial charge in [0, 0.05) is 6.42 Å². The van der Waals surface area contributed by atoms with Gasteiger partial charge in [-0.3, -0.25) is 0 Å². The summed E-state index contributed by atoms with van der Waals surface area (Å²) in [5.74, 6) is 0.793. The van der Waals surface area contributed by atoms with E-state index in [1.165, 1.54) is 0 Å². The topological polar surface area (TPSA) is 63.7 Å². The average molecular weight is 178 g/mol. The number of fused-ring (bicyclic) bond motifs is 1. The Balaban J connectivity index is 2.57. The van der Waals surface area contributed by atoms with Crippen molar-refractivity contribution in [3.05, 3.63) is 12.0 Å². The molecule has 13 heavy (non-hydrogen) atoms. The van der Waals surface area contributed by atoms with E-state index >= 15 is 0 Å². The van der Waals surface area contributed by atoms with Crippen molar-refractivity contribution in [2.24, 2.45) is 0 Å². The molecule has 0 fully saturated rings. The van der Waals surface area contributed by atoms with Crippen LogP contribution in [-0.2, 0) is 6.42 Å². The maximum atomic E-state index is 4.94. The van der Waals surface area contributed by atoms with Gasteiger partial charge < -0.3 is 9.72 Å². The fourth-order valence-corrected chi connectivity index (χ4v) is 1.09. The first kappa shape index (κ1) is 7.97. The molecule has 2 aromatic heterocycles. The number of methoxy groups -OCH3 is 1. The van der Waals surface area contributed by atoms with Crippen molar-refractivity contribution in [3.8, 4) is 6.01 Å². The van der Waals surface area contributed by atoms with Gasteiger partial charge >= 0.3 is 0 Å². The molecule has 5 heteroatoms. The largest absolute Gasteiger partial charge is 0.468 e. The summed E-state index contributed by atoms with van der Waals surface area (Å²) in [7, 11) is 1.56. The number of H-pyrrole nitrogens is 1. The fraction of sp³-hybridized carbons (Fsp3) is 0.375. The summed E-state index contributed by atoms with van der Waals surface area (Å²) in [4.78, 5) is 15.4. The lowest BCUT2D eigenvalue weighted by Crippen LogP contribution is -1.91. The third-order valence-electron chi connectivity index (χ3n) is 1.78. The van der Waals surface area contributed by atoms with E-state index in [4.69, 9.17) is 4.74 Å². The van der Waals surface area contributed by atoms with Gasteiger partial charge in [0.05, 0.1) is 13.3 Å². The number of nitrogens with zero attached hydrogens (tertiary/aromatic N) is 3. The fourth-order valence-electron chi connectivity index (χ4n) is 1.09. The van der Waals surface area contributed by atoms with Crippen LogP contribution in [0.5, 0.6) is 6.01 Å². The van der Waals surface area contributed by atoms with Crippen LogP contribution in [0.15, 0.2) is 6.20 Å². The van der Waals surface area contributed by atoms with Crippen LogP contribution < -0.4 is 4.74 Å². The number of nitrogens with one attached hydrogen (secondary N) is 1. The molecule has 68 valence electrons. The number of aryl methyl sites for hydroxylation is 1. The summed E-state index contributed by atoms with van der Waals surface area (Å²) in [6, 6.07) is 0.470. The summed E-state index contributed by atoms with van der Waals surface area (Å²) >= 11 is 0. The molecule has 0 aliphatic rings. The van der Waals surface area contributed by atoms with Crippen molar-refractivity contribution in [1.82, 2.24) is 19.9 Å². The molecule has 0 bridgehead atoms. The first-order valence-corrected chi connectivity index (χ1v) is 4.09. The molecule has 2 heterocycles. The standard InChI is InChI=1S/C8H10N4O/c1-3-6-9-4-5-7(11-6)12-8(10-5)13-2/h4H,3H2,1-2H3,(H,9,10,11,12). The molecule has 0 saturated heterocycles. The van der Waals surface area contributed by atoms with E-state index in [2.05, 4.69) is 19.9 Å². The Morgan fingerprint density at radius 3 is 3.00 bits per heavy atom. The predicted octanol–water partition coefficient (Wildman–Crippen LogP) is 0.924. The SMILES string of the molecule is CCc1ncc2[nH]c(OC)nc2n1. The number of hydrogen-bond donors (Lipinski definition) is 1. The van der Waals surface area contributed by atoms with Gasteiger partial charge in [-0.1, -0.05) is 6.92 Å². The summed E-state index contributed by atoms with van der Waals surface area (Å²) in [5.41, 5.74) is 1.46. The molecule has 1 N–H and O–H groups in total. The van der Waals surface area contributed by atoms with Crippen LogP contribution in [0.4, 0.5) is 0 Å². The molecule has 0 aliphatic heterocycles. The normalized spacial score (nSPS) is 10.6. The van der Waals surface area contributed by atoms with Crippen molar-refractivity contribution in [1.29, 1.82) is 0 Å². The first-order valence-electron chi connectivity index (χ1n) is 4.09. The van der Waals surface area contributed by atoms with Gasteiger partial charge in [0.25, 0.3) is 6.01 Å². The lowest BCUT2D eigenvalue weighted by atomic mass is 10.4. The first-order chi connectivity index (χ1) is 6.33. The van der Waals surface area contributed by atoms with Crippen molar-refractivity contribution in [3.63, 3.8) is 0 Å². The minimum Gasteiger partial charge on any atom is -0.468 e. The zero-order chi connectivity index (χ0) is 9.26. The molecule has 0 aromatic carbocycles. The predicted molar refractivity (Wildman–Crippen MR) is 47.6 cm³/mol. The second-order valence-electron chi connectivity index (χ2n) is 2.62. The van der Waals surface area contributed by atoms with Crippen molar-refractivity contribution >= 4 is 11.2 Å². The van der Waals surface area contributed by atoms with E-state index in [9.17, 15) is 0 Å². The van der Waals surface area contributed by atoms with Crippen LogP contribution >= 0.6 is 0 Å². The van der Waals surface area contributed by atoms with E-state index in [0.717, 1.165) is 17.8 Å². The molecule has 0 unspecified atom stereocenters. The Morgan fingerprint density at radius 2 is 2.31 bits per heavy atom. The average Bonchev–Trinajstić information content (AvgIpc) is 2.58. The van der Waals surface area contributed by atoms with Gasteiger partial charge in [-0.25, -0.2) is 9.97 Å². The van der Waals surface area contributed by atoms with Crippen molar-refractivity contribution in [2.45, 2.75) is 13.3 Å². The number of aromatic nitrogens is 4. The van der Waals surface area contributed by atoms with Gasteiger partial charge in [0.2, 0.25) is 0 Å².